The minimum absolute atomic E-state index is 0.890. The lowest BCUT2D eigenvalue weighted by Gasteiger charge is -2.17. The molecule has 0 bridgehead atoms. The van der Waals surface area contributed by atoms with Crippen molar-refractivity contribution < 1.29 is 0 Å². The maximum atomic E-state index is 3.91. The van der Waals surface area contributed by atoms with Gasteiger partial charge in [-0.05, 0) is 24.7 Å². The lowest BCUT2D eigenvalue weighted by molar-refractivity contribution is 0.381. The summed E-state index contributed by atoms with van der Waals surface area (Å²) in [5, 5.41) is 0. The molecule has 0 heterocycles. The van der Waals surface area contributed by atoms with E-state index >= 15 is 0 Å². The van der Waals surface area contributed by atoms with E-state index in [1.807, 2.05) is 0 Å². The van der Waals surface area contributed by atoms with Crippen molar-refractivity contribution in [3.05, 3.63) is 25.3 Å². The van der Waals surface area contributed by atoms with Crippen LogP contribution in [0.1, 0.15) is 90.9 Å². The van der Waals surface area contributed by atoms with Crippen molar-refractivity contribution >= 4 is 0 Å². The van der Waals surface area contributed by atoms with Gasteiger partial charge in [0, 0.05) is 0 Å². The van der Waals surface area contributed by atoms with Crippen LogP contribution in [-0.2, 0) is 0 Å². The second kappa shape index (κ2) is 14.9. The van der Waals surface area contributed by atoms with Crippen molar-refractivity contribution in [2.75, 3.05) is 0 Å². The highest BCUT2D eigenvalue weighted by Gasteiger charge is 2.09. The van der Waals surface area contributed by atoms with Gasteiger partial charge in [-0.1, -0.05) is 90.2 Å². The zero-order valence-corrected chi connectivity index (χ0v) is 14.2. The minimum Gasteiger partial charge on any atom is -0.103 e. The van der Waals surface area contributed by atoms with Gasteiger partial charge in [0.1, 0.15) is 0 Å². The average Bonchev–Trinajstić information content (AvgIpc) is 2.46. The Hall–Kier alpha value is -0.520. The lowest BCUT2D eigenvalue weighted by atomic mass is 9.89. The van der Waals surface area contributed by atoms with Gasteiger partial charge in [-0.2, -0.15) is 0 Å². The average molecular weight is 279 g/mol. The SMILES string of the molecule is C=CCC(CCCC)CCCCC(CC=C)CCCC. The molecule has 0 nitrogen and oxygen atoms in total. The van der Waals surface area contributed by atoms with Crippen molar-refractivity contribution in [2.45, 2.75) is 90.9 Å². The molecule has 0 rings (SSSR count). The summed E-state index contributed by atoms with van der Waals surface area (Å²) in [6, 6.07) is 0. The topological polar surface area (TPSA) is 0 Å². The van der Waals surface area contributed by atoms with Crippen molar-refractivity contribution in [2.24, 2.45) is 11.8 Å². The number of hydrogen-bond donors (Lipinski definition) is 0. The Balaban J connectivity index is 3.81. The van der Waals surface area contributed by atoms with Gasteiger partial charge >= 0.3 is 0 Å². The van der Waals surface area contributed by atoms with Crippen LogP contribution in [0.4, 0.5) is 0 Å². The summed E-state index contributed by atoms with van der Waals surface area (Å²) in [4.78, 5) is 0. The van der Waals surface area contributed by atoms with Crippen molar-refractivity contribution in [3.8, 4) is 0 Å². The first-order valence-electron chi connectivity index (χ1n) is 9.00. The molecular weight excluding hydrogens is 240 g/mol. The van der Waals surface area contributed by atoms with Gasteiger partial charge < -0.3 is 0 Å². The van der Waals surface area contributed by atoms with Crippen molar-refractivity contribution in [3.63, 3.8) is 0 Å². The standard InChI is InChI=1S/C20H38/c1-5-9-15-19(13-7-3)17-11-12-18-20(14-8-4)16-10-6-2/h7-8,19-20H,3-6,9-18H2,1-2H3. The quantitative estimate of drug-likeness (QED) is 0.217. The molecule has 0 heteroatoms. The molecule has 0 fully saturated rings. The van der Waals surface area contributed by atoms with Crippen LogP contribution >= 0.6 is 0 Å². The molecule has 0 amide bonds. The van der Waals surface area contributed by atoms with Crippen LogP contribution < -0.4 is 0 Å². The van der Waals surface area contributed by atoms with Gasteiger partial charge in [-0.3, -0.25) is 0 Å². The fraction of sp³-hybridized carbons (Fsp3) is 0.800. The van der Waals surface area contributed by atoms with Crippen LogP contribution in [0.15, 0.2) is 25.3 Å². The van der Waals surface area contributed by atoms with E-state index in [-0.39, 0.29) is 0 Å². The van der Waals surface area contributed by atoms with Gasteiger partial charge in [-0.15, -0.1) is 13.2 Å². The highest BCUT2D eigenvalue weighted by atomic mass is 14.1. The highest BCUT2D eigenvalue weighted by Crippen LogP contribution is 2.24. The van der Waals surface area contributed by atoms with E-state index in [4.69, 9.17) is 0 Å². The van der Waals surface area contributed by atoms with Crippen LogP contribution in [0.5, 0.6) is 0 Å². The summed E-state index contributed by atoms with van der Waals surface area (Å²) in [6.07, 6.45) is 20.5. The molecule has 0 aromatic heterocycles. The Kier molecular flexibility index (Phi) is 14.5. The molecule has 0 N–H and O–H groups in total. The number of hydrogen-bond acceptors (Lipinski definition) is 0. The van der Waals surface area contributed by atoms with Crippen LogP contribution in [0.2, 0.25) is 0 Å². The maximum Gasteiger partial charge on any atom is -0.0325 e. The van der Waals surface area contributed by atoms with E-state index in [9.17, 15) is 0 Å². The first-order valence-corrected chi connectivity index (χ1v) is 9.00. The molecule has 0 saturated carbocycles. The largest absolute Gasteiger partial charge is 0.103 e. The van der Waals surface area contributed by atoms with Gasteiger partial charge in [0.2, 0.25) is 0 Å². The molecule has 2 atom stereocenters. The minimum atomic E-state index is 0.890. The smallest absolute Gasteiger partial charge is 0.0325 e. The zero-order valence-electron chi connectivity index (χ0n) is 14.2. The fourth-order valence-electron chi connectivity index (χ4n) is 3.08. The normalized spacial score (nSPS) is 13.9. The van der Waals surface area contributed by atoms with Crippen LogP contribution in [0.3, 0.4) is 0 Å². The summed E-state index contributed by atoms with van der Waals surface area (Å²) >= 11 is 0. The second-order valence-electron chi connectivity index (χ2n) is 6.35. The van der Waals surface area contributed by atoms with E-state index in [1.54, 1.807) is 0 Å². The molecule has 0 aliphatic carbocycles. The Bertz CT molecular complexity index is 192. The predicted molar refractivity (Wildman–Crippen MR) is 94.1 cm³/mol. The first kappa shape index (κ1) is 19.5. The Morgan fingerprint density at radius 1 is 0.650 bits per heavy atom. The molecule has 0 aromatic carbocycles. The van der Waals surface area contributed by atoms with Crippen molar-refractivity contribution in [1.29, 1.82) is 0 Å². The molecule has 0 aliphatic rings. The molecule has 0 radical (unpaired) electrons. The molecule has 118 valence electrons. The monoisotopic (exact) mass is 278 g/mol. The molecule has 0 aliphatic heterocycles. The lowest BCUT2D eigenvalue weighted by Crippen LogP contribution is -2.02. The van der Waals surface area contributed by atoms with Gasteiger partial charge in [-0.25, -0.2) is 0 Å². The van der Waals surface area contributed by atoms with E-state index in [2.05, 4.69) is 39.2 Å². The maximum absolute atomic E-state index is 3.91. The number of unbranched alkanes of at least 4 members (excludes halogenated alkanes) is 3. The van der Waals surface area contributed by atoms with Gasteiger partial charge in [0.05, 0.1) is 0 Å². The van der Waals surface area contributed by atoms with E-state index in [1.165, 1.54) is 77.0 Å². The highest BCUT2D eigenvalue weighted by molar-refractivity contribution is 4.75. The number of rotatable bonds is 15. The predicted octanol–water partition coefficient (Wildman–Crippen LogP) is 7.31. The van der Waals surface area contributed by atoms with Crippen LogP contribution in [-0.4, -0.2) is 0 Å². The van der Waals surface area contributed by atoms with Crippen LogP contribution in [0.25, 0.3) is 0 Å². The molecule has 2 unspecified atom stereocenters. The molecule has 0 aromatic rings. The van der Waals surface area contributed by atoms with Crippen molar-refractivity contribution in [1.82, 2.24) is 0 Å². The first-order chi connectivity index (χ1) is 9.78. The third-order valence-corrected chi connectivity index (χ3v) is 4.41. The summed E-state index contributed by atoms with van der Waals surface area (Å²) < 4.78 is 0. The third kappa shape index (κ3) is 11.3. The zero-order chi connectivity index (χ0) is 15.1. The van der Waals surface area contributed by atoms with E-state index in [0.29, 0.717) is 0 Å². The van der Waals surface area contributed by atoms with E-state index < -0.39 is 0 Å². The molecular formula is C20H38. The summed E-state index contributed by atoms with van der Waals surface area (Å²) in [5.41, 5.74) is 0. The van der Waals surface area contributed by atoms with Crippen LogP contribution in [0, 0.1) is 11.8 Å². The fourth-order valence-corrected chi connectivity index (χ4v) is 3.08. The number of allylic oxidation sites excluding steroid dienone is 2. The summed E-state index contributed by atoms with van der Waals surface area (Å²) in [7, 11) is 0. The molecule has 20 heavy (non-hydrogen) atoms. The molecule has 0 saturated heterocycles. The third-order valence-electron chi connectivity index (χ3n) is 4.41. The Morgan fingerprint density at radius 3 is 1.30 bits per heavy atom. The van der Waals surface area contributed by atoms with Gasteiger partial charge in [0.15, 0.2) is 0 Å². The Morgan fingerprint density at radius 2 is 1.00 bits per heavy atom. The second-order valence-corrected chi connectivity index (χ2v) is 6.35. The van der Waals surface area contributed by atoms with E-state index in [0.717, 1.165) is 11.8 Å². The summed E-state index contributed by atoms with van der Waals surface area (Å²) in [6.45, 7) is 12.4. The van der Waals surface area contributed by atoms with Gasteiger partial charge in [0.25, 0.3) is 0 Å². The Labute approximate surface area is 128 Å². The molecule has 0 spiro atoms. The summed E-state index contributed by atoms with van der Waals surface area (Å²) in [5.74, 6) is 1.78.